The van der Waals surface area contributed by atoms with Crippen molar-refractivity contribution in [1.29, 1.82) is 0 Å². The highest BCUT2D eigenvalue weighted by molar-refractivity contribution is 6.43. The van der Waals surface area contributed by atoms with Gasteiger partial charge in [-0.25, -0.2) is 0 Å². The molecule has 1 aliphatic carbocycles. The first-order chi connectivity index (χ1) is 11.5. The van der Waals surface area contributed by atoms with Crippen molar-refractivity contribution < 1.29 is 9.59 Å². The van der Waals surface area contributed by atoms with Crippen molar-refractivity contribution in [3.8, 4) is 0 Å². The highest BCUT2D eigenvalue weighted by Gasteiger charge is 2.29. The molecule has 24 heavy (non-hydrogen) atoms. The lowest BCUT2D eigenvalue weighted by Crippen LogP contribution is -2.23. The van der Waals surface area contributed by atoms with Crippen LogP contribution in [0.25, 0.3) is 0 Å². The lowest BCUT2D eigenvalue weighted by Gasteiger charge is -2.09. The monoisotopic (exact) mass is 362 g/mol. The van der Waals surface area contributed by atoms with Gasteiger partial charge >= 0.3 is 0 Å². The Morgan fingerprint density at radius 1 is 1.08 bits per heavy atom. The Balaban J connectivity index is 1.62. The number of halogens is 2. The fourth-order valence-corrected chi connectivity index (χ4v) is 2.69. The van der Waals surface area contributed by atoms with Gasteiger partial charge in [0.25, 0.3) is 5.91 Å². The number of hydrogen-bond acceptors (Lipinski definition) is 2. The van der Waals surface area contributed by atoms with Crippen molar-refractivity contribution in [2.45, 2.75) is 19.4 Å². The molecule has 4 nitrogen and oxygen atoms in total. The SMILES string of the molecule is O=C(NCc1cccc(NC(=O)C2CC2)c1)c1cccc(Cl)c1Cl. The van der Waals surface area contributed by atoms with E-state index in [0.29, 0.717) is 17.1 Å². The number of anilines is 1. The second-order valence-electron chi connectivity index (χ2n) is 5.75. The molecule has 0 unspecified atom stereocenters. The molecule has 0 radical (unpaired) electrons. The third-order valence-electron chi connectivity index (χ3n) is 3.79. The van der Waals surface area contributed by atoms with Crippen LogP contribution in [0.3, 0.4) is 0 Å². The van der Waals surface area contributed by atoms with Crippen LogP contribution in [-0.2, 0) is 11.3 Å². The number of carbonyl (C=O) groups excluding carboxylic acids is 2. The van der Waals surface area contributed by atoms with Gasteiger partial charge in [-0.1, -0.05) is 41.4 Å². The van der Waals surface area contributed by atoms with Gasteiger partial charge in [-0.3, -0.25) is 9.59 Å². The van der Waals surface area contributed by atoms with E-state index < -0.39 is 0 Å². The Kier molecular flexibility index (Phi) is 5.07. The maximum absolute atomic E-state index is 12.2. The Hall–Kier alpha value is -2.04. The molecule has 2 aromatic rings. The minimum Gasteiger partial charge on any atom is -0.348 e. The van der Waals surface area contributed by atoms with Gasteiger partial charge < -0.3 is 10.6 Å². The Morgan fingerprint density at radius 3 is 2.58 bits per heavy atom. The molecule has 6 heteroatoms. The Labute approximate surface area is 150 Å². The molecule has 0 saturated heterocycles. The van der Waals surface area contributed by atoms with Gasteiger partial charge in [-0.05, 0) is 42.7 Å². The molecule has 2 aromatic carbocycles. The largest absolute Gasteiger partial charge is 0.348 e. The molecule has 0 bridgehead atoms. The summed E-state index contributed by atoms with van der Waals surface area (Å²) in [5.74, 6) is -0.0878. The summed E-state index contributed by atoms with van der Waals surface area (Å²) >= 11 is 12.0. The number of rotatable bonds is 5. The van der Waals surface area contributed by atoms with E-state index in [2.05, 4.69) is 10.6 Å². The molecule has 1 saturated carbocycles. The second-order valence-corrected chi connectivity index (χ2v) is 6.53. The van der Waals surface area contributed by atoms with Crippen LogP contribution in [0, 0.1) is 5.92 Å². The average Bonchev–Trinajstić information content (AvgIpc) is 3.40. The Morgan fingerprint density at radius 2 is 1.83 bits per heavy atom. The highest BCUT2D eigenvalue weighted by Crippen LogP contribution is 2.30. The molecule has 1 aliphatic rings. The quantitative estimate of drug-likeness (QED) is 0.834. The molecule has 2 amide bonds. The first-order valence-electron chi connectivity index (χ1n) is 7.66. The number of benzene rings is 2. The lowest BCUT2D eigenvalue weighted by molar-refractivity contribution is -0.117. The lowest BCUT2D eigenvalue weighted by atomic mass is 10.1. The topological polar surface area (TPSA) is 58.2 Å². The van der Waals surface area contributed by atoms with E-state index in [1.807, 2.05) is 24.3 Å². The molecule has 124 valence electrons. The summed E-state index contributed by atoms with van der Waals surface area (Å²) in [7, 11) is 0. The molecule has 0 heterocycles. The van der Waals surface area contributed by atoms with Gasteiger partial charge in [0.05, 0.1) is 15.6 Å². The zero-order valence-electron chi connectivity index (χ0n) is 12.8. The molecule has 0 spiro atoms. The van der Waals surface area contributed by atoms with E-state index in [-0.39, 0.29) is 22.8 Å². The van der Waals surface area contributed by atoms with Crippen LogP contribution in [0.15, 0.2) is 42.5 Å². The summed E-state index contributed by atoms with van der Waals surface area (Å²) in [4.78, 5) is 24.0. The first kappa shape index (κ1) is 16.8. The third-order valence-corrected chi connectivity index (χ3v) is 4.61. The van der Waals surface area contributed by atoms with Crippen LogP contribution < -0.4 is 10.6 Å². The van der Waals surface area contributed by atoms with Crippen molar-refractivity contribution in [2.24, 2.45) is 5.92 Å². The summed E-state index contributed by atoms with van der Waals surface area (Å²) in [6, 6.07) is 12.3. The molecule has 0 atom stereocenters. The summed E-state index contributed by atoms with van der Waals surface area (Å²) in [6.45, 7) is 0.328. The second kappa shape index (κ2) is 7.24. The van der Waals surface area contributed by atoms with Gasteiger partial charge in [0.2, 0.25) is 5.91 Å². The van der Waals surface area contributed by atoms with Crippen LogP contribution in [0.4, 0.5) is 5.69 Å². The standard InChI is InChI=1S/C18H16Cl2N2O2/c19-15-6-2-5-14(16(15)20)18(24)21-10-11-3-1-4-13(9-11)22-17(23)12-7-8-12/h1-6,9,12H,7-8,10H2,(H,21,24)(H,22,23). The summed E-state index contributed by atoms with van der Waals surface area (Å²) in [5, 5.41) is 6.27. The minimum atomic E-state index is -0.296. The van der Waals surface area contributed by atoms with E-state index >= 15 is 0 Å². The molecule has 0 aromatic heterocycles. The van der Waals surface area contributed by atoms with Crippen molar-refractivity contribution in [1.82, 2.24) is 5.32 Å². The molecule has 3 rings (SSSR count). The molecular weight excluding hydrogens is 347 g/mol. The fraction of sp³-hybridized carbons (Fsp3) is 0.222. The first-order valence-corrected chi connectivity index (χ1v) is 8.42. The maximum atomic E-state index is 12.2. The van der Waals surface area contributed by atoms with E-state index in [1.165, 1.54) is 0 Å². The predicted octanol–water partition coefficient (Wildman–Crippen LogP) is 4.27. The number of nitrogens with one attached hydrogen (secondary N) is 2. The number of amides is 2. The van der Waals surface area contributed by atoms with Crippen molar-refractivity contribution >= 4 is 40.7 Å². The van der Waals surface area contributed by atoms with Gasteiger partial charge in [-0.15, -0.1) is 0 Å². The zero-order valence-corrected chi connectivity index (χ0v) is 14.3. The van der Waals surface area contributed by atoms with Gasteiger partial charge in [-0.2, -0.15) is 0 Å². The molecule has 1 fully saturated rings. The van der Waals surface area contributed by atoms with Crippen LogP contribution in [-0.4, -0.2) is 11.8 Å². The number of hydrogen-bond donors (Lipinski definition) is 2. The average molecular weight is 363 g/mol. The maximum Gasteiger partial charge on any atom is 0.253 e. The van der Waals surface area contributed by atoms with E-state index in [0.717, 1.165) is 24.1 Å². The van der Waals surface area contributed by atoms with Gasteiger partial charge in [0.15, 0.2) is 0 Å². The summed E-state index contributed by atoms with van der Waals surface area (Å²) in [6.07, 6.45) is 1.92. The van der Waals surface area contributed by atoms with Crippen LogP contribution >= 0.6 is 23.2 Å². The van der Waals surface area contributed by atoms with Crippen LogP contribution in [0.2, 0.25) is 10.0 Å². The highest BCUT2D eigenvalue weighted by atomic mass is 35.5. The van der Waals surface area contributed by atoms with Crippen molar-refractivity contribution in [2.75, 3.05) is 5.32 Å². The summed E-state index contributed by atoms with van der Waals surface area (Å²) in [5.41, 5.74) is 1.96. The van der Waals surface area contributed by atoms with Crippen LogP contribution in [0.5, 0.6) is 0 Å². The Bertz CT molecular complexity index is 788. The predicted molar refractivity (Wildman–Crippen MR) is 95.4 cm³/mol. The van der Waals surface area contributed by atoms with Gasteiger partial charge in [0, 0.05) is 18.2 Å². The number of carbonyl (C=O) groups is 2. The van der Waals surface area contributed by atoms with E-state index in [4.69, 9.17) is 23.2 Å². The molecule has 0 aliphatic heterocycles. The zero-order chi connectivity index (χ0) is 17.1. The van der Waals surface area contributed by atoms with Gasteiger partial charge in [0.1, 0.15) is 0 Å². The normalized spacial score (nSPS) is 13.4. The fourth-order valence-electron chi connectivity index (χ4n) is 2.31. The van der Waals surface area contributed by atoms with E-state index in [1.54, 1.807) is 18.2 Å². The summed E-state index contributed by atoms with van der Waals surface area (Å²) < 4.78 is 0. The molecular formula is C18H16Cl2N2O2. The van der Waals surface area contributed by atoms with Crippen molar-refractivity contribution in [3.63, 3.8) is 0 Å². The van der Waals surface area contributed by atoms with Crippen LogP contribution in [0.1, 0.15) is 28.8 Å². The van der Waals surface area contributed by atoms with Crippen molar-refractivity contribution in [3.05, 3.63) is 63.6 Å². The smallest absolute Gasteiger partial charge is 0.253 e. The van der Waals surface area contributed by atoms with E-state index in [9.17, 15) is 9.59 Å². The molecule has 2 N–H and O–H groups in total. The minimum absolute atomic E-state index is 0.0573. The third kappa shape index (κ3) is 4.08.